The summed E-state index contributed by atoms with van der Waals surface area (Å²) in [4.78, 5) is 17.0. The Morgan fingerprint density at radius 2 is 1.89 bits per heavy atom. The number of nitrogens with one attached hydrogen (secondary N) is 1. The Morgan fingerprint density at radius 3 is 2.54 bits per heavy atom. The molecule has 1 atom stereocenters. The first-order valence-electron chi connectivity index (χ1n) is 12.5. The van der Waals surface area contributed by atoms with E-state index in [1.54, 1.807) is 11.0 Å². The number of aliphatic hydroxyl groups excluding tert-OH is 1. The molecular formula is C27H30F4N4O2. The summed E-state index contributed by atoms with van der Waals surface area (Å²) in [6.07, 6.45) is -1.52. The van der Waals surface area contributed by atoms with E-state index in [0.29, 0.717) is 57.1 Å². The molecule has 10 heteroatoms. The number of aliphatic hydroxyl groups is 1. The number of urea groups is 1. The molecule has 2 aliphatic rings. The van der Waals surface area contributed by atoms with Gasteiger partial charge in [0, 0.05) is 37.9 Å². The fraction of sp³-hybridized carbons (Fsp3) is 0.481. The van der Waals surface area contributed by atoms with E-state index in [2.05, 4.69) is 11.4 Å². The molecule has 6 nitrogen and oxygen atoms in total. The van der Waals surface area contributed by atoms with Crippen molar-refractivity contribution in [2.75, 3.05) is 31.5 Å². The van der Waals surface area contributed by atoms with Crippen LogP contribution in [0.5, 0.6) is 0 Å². The van der Waals surface area contributed by atoms with Gasteiger partial charge in [-0.05, 0) is 73.9 Å². The molecule has 2 N–H and O–H groups in total. The maximum atomic E-state index is 13.9. The number of nitrogens with zero attached hydrogens (tertiary/aromatic N) is 3. The predicted octanol–water partition coefficient (Wildman–Crippen LogP) is 5.34. The maximum absolute atomic E-state index is 13.9. The van der Waals surface area contributed by atoms with Crippen molar-refractivity contribution < 1.29 is 27.5 Å². The summed E-state index contributed by atoms with van der Waals surface area (Å²) in [5, 5.41) is 21.5. The highest BCUT2D eigenvalue weighted by atomic mass is 19.4. The quantitative estimate of drug-likeness (QED) is 0.506. The fourth-order valence-electron chi connectivity index (χ4n) is 5.32. The van der Waals surface area contributed by atoms with Crippen LogP contribution in [0.4, 0.5) is 28.0 Å². The number of amides is 2. The minimum absolute atomic E-state index is 0.140. The lowest BCUT2D eigenvalue weighted by Gasteiger charge is -2.38. The van der Waals surface area contributed by atoms with E-state index in [-0.39, 0.29) is 17.6 Å². The average Bonchev–Trinajstić information content (AvgIpc) is 3.28. The molecule has 0 radical (unpaired) electrons. The van der Waals surface area contributed by atoms with Gasteiger partial charge in [0.25, 0.3) is 0 Å². The van der Waals surface area contributed by atoms with Crippen LogP contribution in [0.15, 0.2) is 42.5 Å². The van der Waals surface area contributed by atoms with E-state index < -0.39 is 29.7 Å². The normalized spacial score (nSPS) is 22.4. The van der Waals surface area contributed by atoms with Crippen LogP contribution in [0.1, 0.15) is 54.7 Å². The monoisotopic (exact) mass is 518 g/mol. The molecule has 1 saturated carbocycles. The Balaban J connectivity index is 1.47. The summed E-state index contributed by atoms with van der Waals surface area (Å²) in [7, 11) is 0. The Labute approximate surface area is 213 Å². The molecule has 1 saturated heterocycles. The second-order valence-corrected chi connectivity index (χ2v) is 9.84. The Bertz CT molecular complexity index is 1140. The van der Waals surface area contributed by atoms with Crippen LogP contribution in [-0.4, -0.2) is 59.3 Å². The number of carbonyl (C=O) groups excluding carboxylic acids is 1. The molecule has 1 heterocycles. The topological polar surface area (TPSA) is 79.6 Å². The van der Waals surface area contributed by atoms with Crippen LogP contribution >= 0.6 is 0 Å². The third-order valence-corrected chi connectivity index (χ3v) is 7.27. The number of hydrogen-bond acceptors (Lipinski definition) is 4. The summed E-state index contributed by atoms with van der Waals surface area (Å²) in [6.45, 7) is 2.07. The van der Waals surface area contributed by atoms with Gasteiger partial charge in [0.05, 0.1) is 23.3 Å². The average molecular weight is 519 g/mol. The number of nitriles is 1. The molecule has 1 aliphatic carbocycles. The smallest absolute Gasteiger partial charge is 0.392 e. The molecule has 1 aliphatic heterocycles. The number of anilines is 1. The minimum atomic E-state index is -4.74. The maximum Gasteiger partial charge on any atom is 0.416 e. The second-order valence-electron chi connectivity index (χ2n) is 9.84. The van der Waals surface area contributed by atoms with E-state index >= 15 is 0 Å². The number of rotatable bonds is 6. The van der Waals surface area contributed by atoms with Gasteiger partial charge in [-0.15, -0.1) is 0 Å². The summed E-state index contributed by atoms with van der Waals surface area (Å²) in [6, 6.07) is 10.9. The molecule has 4 rings (SSSR count). The number of halogens is 4. The molecular weight excluding hydrogens is 488 g/mol. The molecule has 198 valence electrons. The first-order chi connectivity index (χ1) is 17.6. The van der Waals surface area contributed by atoms with Gasteiger partial charge in [0.15, 0.2) is 0 Å². The zero-order valence-corrected chi connectivity index (χ0v) is 20.3. The van der Waals surface area contributed by atoms with Gasteiger partial charge in [0.2, 0.25) is 0 Å². The van der Waals surface area contributed by atoms with Gasteiger partial charge >= 0.3 is 12.2 Å². The predicted molar refractivity (Wildman–Crippen MR) is 130 cm³/mol. The third-order valence-electron chi connectivity index (χ3n) is 7.27. The Hall–Kier alpha value is -3.16. The van der Waals surface area contributed by atoms with Crippen LogP contribution in [0.3, 0.4) is 0 Å². The first kappa shape index (κ1) is 26.9. The number of carbonyl (C=O) groups is 1. The number of hydrogen-bond donors (Lipinski definition) is 2. The fourth-order valence-corrected chi connectivity index (χ4v) is 5.32. The van der Waals surface area contributed by atoms with Crippen molar-refractivity contribution in [3.63, 3.8) is 0 Å². The van der Waals surface area contributed by atoms with Crippen LogP contribution < -0.4 is 5.32 Å². The molecule has 0 spiro atoms. The molecule has 2 fully saturated rings. The molecule has 2 amide bonds. The lowest BCUT2D eigenvalue weighted by atomic mass is 9.81. The minimum Gasteiger partial charge on any atom is -0.392 e. The van der Waals surface area contributed by atoms with Gasteiger partial charge in [-0.3, -0.25) is 4.90 Å². The standard InChI is InChI=1S/C27H30F4N4O2/c28-22-13-21(27(29,30)31)14-23(15-22)33-26(37)35(11-10-34-9-8-25(36)17-34)24-6-4-19(5-7-24)20-3-1-2-18(12-20)16-32/h1-3,12-15,19,24-25,36H,4-11,17H2,(H,33,37)/t19-,24-,25-/m1/s1. The van der Waals surface area contributed by atoms with Crippen LogP contribution in [0.25, 0.3) is 0 Å². The summed E-state index contributed by atoms with van der Waals surface area (Å²) in [5.41, 5.74) is 0.266. The molecule has 37 heavy (non-hydrogen) atoms. The van der Waals surface area contributed by atoms with Crippen molar-refractivity contribution in [2.45, 2.75) is 56.3 Å². The van der Waals surface area contributed by atoms with Gasteiger partial charge in [0.1, 0.15) is 5.82 Å². The van der Waals surface area contributed by atoms with Crippen molar-refractivity contribution >= 4 is 11.7 Å². The van der Waals surface area contributed by atoms with Gasteiger partial charge < -0.3 is 15.3 Å². The van der Waals surface area contributed by atoms with Crippen molar-refractivity contribution in [2.24, 2.45) is 0 Å². The SMILES string of the molecule is N#Cc1cccc([C@H]2CC[C@H](N(CCN3CC[C@@H](O)C3)C(=O)Nc3cc(F)cc(C(F)(F)F)c3)CC2)c1. The van der Waals surface area contributed by atoms with Crippen molar-refractivity contribution in [1.29, 1.82) is 5.26 Å². The summed E-state index contributed by atoms with van der Waals surface area (Å²) >= 11 is 0. The lowest BCUT2D eigenvalue weighted by molar-refractivity contribution is -0.137. The lowest BCUT2D eigenvalue weighted by Crippen LogP contribution is -2.47. The largest absolute Gasteiger partial charge is 0.416 e. The second kappa shape index (κ2) is 11.5. The van der Waals surface area contributed by atoms with Crippen molar-refractivity contribution in [3.05, 3.63) is 65.0 Å². The van der Waals surface area contributed by atoms with Crippen LogP contribution in [-0.2, 0) is 6.18 Å². The van der Waals surface area contributed by atoms with E-state index in [1.807, 2.05) is 23.1 Å². The number of alkyl halides is 3. The zero-order valence-electron chi connectivity index (χ0n) is 20.3. The van der Waals surface area contributed by atoms with Crippen LogP contribution in [0.2, 0.25) is 0 Å². The van der Waals surface area contributed by atoms with E-state index in [0.717, 1.165) is 30.5 Å². The van der Waals surface area contributed by atoms with Gasteiger partial charge in [-0.1, -0.05) is 12.1 Å². The number of benzene rings is 2. The van der Waals surface area contributed by atoms with Gasteiger partial charge in [-0.2, -0.15) is 18.4 Å². The molecule has 0 unspecified atom stereocenters. The molecule has 2 aromatic carbocycles. The number of likely N-dealkylation sites (tertiary alicyclic amines) is 1. The van der Waals surface area contributed by atoms with Gasteiger partial charge in [-0.25, -0.2) is 9.18 Å². The molecule has 0 aromatic heterocycles. The summed E-state index contributed by atoms with van der Waals surface area (Å²) in [5.74, 6) is -0.830. The van der Waals surface area contributed by atoms with Crippen molar-refractivity contribution in [3.8, 4) is 6.07 Å². The van der Waals surface area contributed by atoms with E-state index in [4.69, 9.17) is 0 Å². The zero-order chi connectivity index (χ0) is 26.6. The molecule has 0 bridgehead atoms. The van der Waals surface area contributed by atoms with Crippen molar-refractivity contribution in [1.82, 2.24) is 9.80 Å². The highest BCUT2D eigenvalue weighted by molar-refractivity contribution is 5.89. The van der Waals surface area contributed by atoms with E-state index in [1.165, 1.54) is 0 Å². The van der Waals surface area contributed by atoms with E-state index in [9.17, 15) is 32.7 Å². The Morgan fingerprint density at radius 1 is 1.14 bits per heavy atom. The molecule has 2 aromatic rings. The highest BCUT2D eigenvalue weighted by Gasteiger charge is 2.33. The Kier molecular flexibility index (Phi) is 8.35. The number of β-amino-alcohol motifs (C(OH)–C–C–N with tert-alkyl or cyclic N) is 1. The third kappa shape index (κ3) is 6.99. The first-order valence-corrected chi connectivity index (χ1v) is 12.5. The highest BCUT2D eigenvalue weighted by Crippen LogP contribution is 2.36. The van der Waals surface area contributed by atoms with Crippen LogP contribution in [0, 0.1) is 17.1 Å². The summed E-state index contributed by atoms with van der Waals surface area (Å²) < 4.78 is 53.3.